The van der Waals surface area contributed by atoms with Gasteiger partial charge in [0.15, 0.2) is 11.7 Å². The lowest BCUT2D eigenvalue weighted by Crippen LogP contribution is -2.50. The van der Waals surface area contributed by atoms with E-state index in [2.05, 4.69) is 47.5 Å². The molecule has 2 fully saturated rings. The molecule has 1 aliphatic heterocycles. The summed E-state index contributed by atoms with van der Waals surface area (Å²) in [4.78, 5) is 7.46. The van der Waals surface area contributed by atoms with Crippen LogP contribution in [0.4, 0.5) is 0 Å². The van der Waals surface area contributed by atoms with Crippen molar-refractivity contribution in [2.75, 3.05) is 19.6 Å². The van der Waals surface area contributed by atoms with Crippen LogP contribution in [0.5, 0.6) is 0 Å². The third kappa shape index (κ3) is 7.12. The van der Waals surface area contributed by atoms with Crippen molar-refractivity contribution in [2.24, 2.45) is 4.99 Å². The number of nitrogens with zero attached hydrogens (tertiary/aromatic N) is 3. The molecular weight excluding hydrogens is 477 g/mol. The Morgan fingerprint density at radius 1 is 1.17 bits per heavy atom. The van der Waals surface area contributed by atoms with E-state index in [1.54, 1.807) is 0 Å². The maximum absolute atomic E-state index is 5.52. The van der Waals surface area contributed by atoms with Crippen molar-refractivity contribution in [3.05, 3.63) is 17.5 Å². The van der Waals surface area contributed by atoms with E-state index in [4.69, 9.17) is 9.52 Å². The fourth-order valence-electron chi connectivity index (χ4n) is 4.65. The summed E-state index contributed by atoms with van der Waals surface area (Å²) in [5.74, 6) is 2.22. The molecular formula is C22H40IN5O. The monoisotopic (exact) mass is 517 g/mol. The van der Waals surface area contributed by atoms with E-state index >= 15 is 0 Å². The Morgan fingerprint density at radius 2 is 1.86 bits per heavy atom. The van der Waals surface area contributed by atoms with Crippen molar-refractivity contribution in [1.29, 1.82) is 0 Å². The molecule has 1 saturated heterocycles. The standard InChI is InChI=1S/C22H39N5O.HI/c1-4-17(5-2)21-15-20(28-26-21)16-24-22(23-6-3)25-18-11-13-27(14-12-18)19-9-7-8-10-19;/h15,17-19H,4-14,16H2,1-3H3,(H2,23,24,25);1H. The van der Waals surface area contributed by atoms with E-state index in [9.17, 15) is 0 Å². The normalized spacial score (nSPS) is 19.5. The average molecular weight is 518 g/mol. The lowest BCUT2D eigenvalue weighted by molar-refractivity contribution is 0.150. The van der Waals surface area contributed by atoms with Crippen LogP contribution in [0, 0.1) is 0 Å². The molecule has 2 aliphatic rings. The summed E-state index contributed by atoms with van der Waals surface area (Å²) >= 11 is 0. The minimum absolute atomic E-state index is 0. The third-order valence-electron chi connectivity index (χ3n) is 6.43. The molecule has 2 N–H and O–H groups in total. The van der Waals surface area contributed by atoms with Gasteiger partial charge in [0.1, 0.15) is 6.54 Å². The van der Waals surface area contributed by atoms with Gasteiger partial charge in [0.25, 0.3) is 0 Å². The topological polar surface area (TPSA) is 65.7 Å². The van der Waals surface area contributed by atoms with Gasteiger partial charge in [-0.2, -0.15) is 0 Å². The van der Waals surface area contributed by atoms with Gasteiger partial charge < -0.3 is 20.1 Å². The lowest BCUT2D eigenvalue weighted by Gasteiger charge is -2.36. The van der Waals surface area contributed by atoms with Gasteiger partial charge in [-0.05, 0) is 45.4 Å². The van der Waals surface area contributed by atoms with Crippen molar-refractivity contribution < 1.29 is 4.52 Å². The summed E-state index contributed by atoms with van der Waals surface area (Å²) in [5.41, 5.74) is 1.06. The van der Waals surface area contributed by atoms with Gasteiger partial charge in [0, 0.05) is 43.7 Å². The molecule has 166 valence electrons. The molecule has 1 aliphatic carbocycles. The van der Waals surface area contributed by atoms with Gasteiger partial charge >= 0.3 is 0 Å². The molecule has 3 rings (SSSR count). The van der Waals surface area contributed by atoms with Crippen LogP contribution in [-0.4, -0.2) is 47.7 Å². The molecule has 1 aromatic rings. The van der Waals surface area contributed by atoms with E-state index in [0.717, 1.165) is 42.8 Å². The van der Waals surface area contributed by atoms with Crippen LogP contribution < -0.4 is 10.6 Å². The van der Waals surface area contributed by atoms with Crippen molar-refractivity contribution in [2.45, 2.75) is 96.7 Å². The number of rotatable bonds is 8. The average Bonchev–Trinajstić information content (AvgIpc) is 3.40. The molecule has 0 amide bonds. The minimum Gasteiger partial charge on any atom is -0.359 e. The van der Waals surface area contributed by atoms with Crippen molar-refractivity contribution in [3.63, 3.8) is 0 Å². The summed E-state index contributed by atoms with van der Waals surface area (Å²) in [6.07, 6.45) is 10.2. The lowest BCUT2D eigenvalue weighted by atomic mass is 9.99. The Morgan fingerprint density at radius 3 is 2.48 bits per heavy atom. The second kappa shape index (κ2) is 12.8. The Bertz CT molecular complexity index is 602. The zero-order valence-electron chi connectivity index (χ0n) is 18.5. The summed E-state index contributed by atoms with van der Waals surface area (Å²) in [6, 6.07) is 3.43. The predicted molar refractivity (Wildman–Crippen MR) is 130 cm³/mol. The quantitative estimate of drug-likeness (QED) is 0.299. The molecule has 0 spiro atoms. The second-order valence-corrected chi connectivity index (χ2v) is 8.32. The molecule has 0 aromatic carbocycles. The van der Waals surface area contributed by atoms with Gasteiger partial charge in [0.05, 0.1) is 5.69 Å². The first-order valence-corrected chi connectivity index (χ1v) is 11.5. The van der Waals surface area contributed by atoms with Crippen LogP contribution in [0.15, 0.2) is 15.6 Å². The predicted octanol–water partition coefficient (Wildman–Crippen LogP) is 4.66. The van der Waals surface area contributed by atoms with Crippen molar-refractivity contribution in [3.8, 4) is 0 Å². The number of hydrogen-bond acceptors (Lipinski definition) is 4. The van der Waals surface area contributed by atoms with E-state index in [1.165, 1.54) is 51.6 Å². The summed E-state index contributed by atoms with van der Waals surface area (Å²) in [7, 11) is 0. The first-order chi connectivity index (χ1) is 13.7. The molecule has 0 atom stereocenters. The minimum atomic E-state index is 0. The highest BCUT2D eigenvalue weighted by molar-refractivity contribution is 14.0. The zero-order chi connectivity index (χ0) is 19.8. The molecule has 0 bridgehead atoms. The number of aliphatic imine (C=N–C) groups is 1. The highest BCUT2D eigenvalue weighted by atomic mass is 127. The van der Waals surface area contributed by atoms with Crippen LogP contribution in [0.1, 0.15) is 89.5 Å². The molecule has 0 radical (unpaired) electrons. The number of halogens is 1. The number of guanidine groups is 1. The summed E-state index contributed by atoms with van der Waals surface area (Å²) in [6.45, 7) is 10.3. The number of nitrogens with one attached hydrogen (secondary N) is 2. The smallest absolute Gasteiger partial charge is 0.191 e. The number of likely N-dealkylation sites (tertiary alicyclic amines) is 1. The van der Waals surface area contributed by atoms with Crippen molar-refractivity contribution in [1.82, 2.24) is 20.7 Å². The van der Waals surface area contributed by atoms with Crippen LogP contribution >= 0.6 is 24.0 Å². The van der Waals surface area contributed by atoms with Gasteiger partial charge in [-0.1, -0.05) is 31.8 Å². The Kier molecular flexibility index (Phi) is 10.8. The van der Waals surface area contributed by atoms with Crippen molar-refractivity contribution >= 4 is 29.9 Å². The molecule has 7 heteroatoms. The first kappa shape index (κ1) is 24.4. The maximum atomic E-state index is 5.52. The third-order valence-corrected chi connectivity index (χ3v) is 6.43. The van der Waals surface area contributed by atoms with Crippen LogP contribution in [0.2, 0.25) is 0 Å². The fraction of sp³-hybridized carbons (Fsp3) is 0.818. The van der Waals surface area contributed by atoms with Crippen LogP contribution in [0.3, 0.4) is 0 Å². The Hall–Kier alpha value is -0.830. The molecule has 2 heterocycles. The number of piperidine rings is 1. The Balaban J connectivity index is 0.00000300. The summed E-state index contributed by atoms with van der Waals surface area (Å²) in [5, 5.41) is 11.3. The summed E-state index contributed by atoms with van der Waals surface area (Å²) < 4.78 is 5.52. The van der Waals surface area contributed by atoms with Gasteiger partial charge in [-0.15, -0.1) is 24.0 Å². The molecule has 0 unspecified atom stereocenters. The SMILES string of the molecule is CCNC(=NCc1cc(C(CC)CC)no1)NC1CCN(C2CCCC2)CC1.I. The van der Waals surface area contributed by atoms with Gasteiger partial charge in [0.2, 0.25) is 0 Å². The molecule has 1 saturated carbocycles. The molecule has 6 nitrogen and oxygen atoms in total. The number of aromatic nitrogens is 1. The van der Waals surface area contributed by atoms with Gasteiger partial charge in [-0.25, -0.2) is 4.99 Å². The van der Waals surface area contributed by atoms with E-state index in [0.29, 0.717) is 18.5 Å². The van der Waals surface area contributed by atoms with Crippen LogP contribution in [-0.2, 0) is 6.54 Å². The molecule has 1 aromatic heterocycles. The fourth-order valence-corrected chi connectivity index (χ4v) is 4.65. The zero-order valence-corrected chi connectivity index (χ0v) is 20.8. The van der Waals surface area contributed by atoms with E-state index in [-0.39, 0.29) is 24.0 Å². The van der Waals surface area contributed by atoms with Crippen LogP contribution in [0.25, 0.3) is 0 Å². The second-order valence-electron chi connectivity index (χ2n) is 8.32. The largest absolute Gasteiger partial charge is 0.359 e. The highest BCUT2D eigenvalue weighted by Crippen LogP contribution is 2.26. The van der Waals surface area contributed by atoms with E-state index < -0.39 is 0 Å². The van der Waals surface area contributed by atoms with E-state index in [1.807, 2.05) is 0 Å². The first-order valence-electron chi connectivity index (χ1n) is 11.5. The highest BCUT2D eigenvalue weighted by Gasteiger charge is 2.27. The number of hydrogen-bond donors (Lipinski definition) is 2. The Labute approximate surface area is 193 Å². The maximum Gasteiger partial charge on any atom is 0.191 e. The molecule has 29 heavy (non-hydrogen) atoms. The van der Waals surface area contributed by atoms with Gasteiger partial charge in [-0.3, -0.25) is 0 Å².